The number of amides is 1. The summed E-state index contributed by atoms with van der Waals surface area (Å²) in [5, 5.41) is 15.5. The summed E-state index contributed by atoms with van der Waals surface area (Å²) < 4.78 is 0.823. The van der Waals surface area contributed by atoms with Crippen LogP contribution in [0.1, 0.15) is 53.6 Å². The van der Waals surface area contributed by atoms with Crippen LogP contribution in [0.25, 0.3) is 0 Å². The highest BCUT2D eigenvalue weighted by atomic mass is 32.2. The molecule has 2 aromatic heterocycles. The molecule has 1 aliphatic carbocycles. The van der Waals surface area contributed by atoms with Crippen LogP contribution in [0.4, 0.5) is 5.13 Å². The molecule has 1 amide bonds. The number of nitrogens with zero attached hydrogens (tertiary/aromatic N) is 2. The summed E-state index contributed by atoms with van der Waals surface area (Å²) in [6.07, 6.45) is 7.03. The monoisotopic (exact) mass is 424 g/mol. The van der Waals surface area contributed by atoms with Crippen molar-refractivity contribution in [3.8, 4) is 0 Å². The first-order valence-electron chi connectivity index (χ1n) is 9.19. The van der Waals surface area contributed by atoms with Gasteiger partial charge in [0, 0.05) is 24.4 Å². The molecule has 1 fully saturated rings. The van der Waals surface area contributed by atoms with Gasteiger partial charge >= 0.3 is 0 Å². The summed E-state index contributed by atoms with van der Waals surface area (Å²) in [4.78, 5) is 25.2. The van der Waals surface area contributed by atoms with Gasteiger partial charge in [0.25, 0.3) is 0 Å². The Morgan fingerprint density at radius 3 is 2.78 bits per heavy atom. The van der Waals surface area contributed by atoms with Gasteiger partial charge < -0.3 is 10.6 Å². The van der Waals surface area contributed by atoms with E-state index in [9.17, 15) is 9.59 Å². The summed E-state index contributed by atoms with van der Waals surface area (Å²) in [6.45, 7) is 2.10. The maximum atomic E-state index is 12.4. The highest BCUT2D eigenvalue weighted by Crippen LogP contribution is 2.29. The van der Waals surface area contributed by atoms with Crippen LogP contribution in [0.15, 0.2) is 16.5 Å². The molecule has 0 saturated heterocycles. The van der Waals surface area contributed by atoms with Crippen LogP contribution in [-0.4, -0.2) is 40.2 Å². The van der Waals surface area contributed by atoms with E-state index in [1.165, 1.54) is 73.5 Å². The van der Waals surface area contributed by atoms with Crippen molar-refractivity contribution in [2.45, 2.75) is 55.8 Å². The lowest BCUT2D eigenvalue weighted by Gasteiger charge is -2.21. The minimum absolute atomic E-state index is 0.0336. The van der Waals surface area contributed by atoms with E-state index in [0.717, 1.165) is 25.6 Å². The fraction of sp³-hybridized carbons (Fsp3) is 0.556. The van der Waals surface area contributed by atoms with Gasteiger partial charge in [-0.25, -0.2) is 0 Å². The molecule has 27 heavy (non-hydrogen) atoms. The second-order valence-electron chi connectivity index (χ2n) is 6.56. The molecule has 0 aromatic carbocycles. The van der Waals surface area contributed by atoms with E-state index < -0.39 is 0 Å². The zero-order valence-electron chi connectivity index (χ0n) is 15.3. The molecule has 3 rings (SSSR count). The standard InChI is InChI=1S/C18H24N4O2S3/c1-12(23)19-10-9-14-7-8-16(26-14)15(24)11-25-18-22-21-17(27-18)20-13-5-3-2-4-6-13/h7-8,13H,2-6,9-11H2,1H3,(H,19,23)(H,20,21). The Kier molecular flexibility index (Phi) is 7.66. The van der Waals surface area contributed by atoms with Gasteiger partial charge in [-0.1, -0.05) is 42.4 Å². The van der Waals surface area contributed by atoms with Gasteiger partial charge in [-0.2, -0.15) is 0 Å². The molecule has 0 spiro atoms. The zero-order valence-corrected chi connectivity index (χ0v) is 17.8. The number of thiophene rings is 1. The van der Waals surface area contributed by atoms with Gasteiger partial charge in [0.15, 0.2) is 10.1 Å². The normalized spacial score (nSPS) is 14.9. The zero-order chi connectivity index (χ0) is 19.1. The molecule has 0 radical (unpaired) electrons. The van der Waals surface area contributed by atoms with Crippen LogP contribution in [0.5, 0.6) is 0 Å². The first-order valence-corrected chi connectivity index (χ1v) is 11.8. The molecule has 0 bridgehead atoms. The average molecular weight is 425 g/mol. The number of ketones is 1. The maximum absolute atomic E-state index is 12.4. The van der Waals surface area contributed by atoms with Gasteiger partial charge in [0.05, 0.1) is 10.6 Å². The Labute approximate surface area is 171 Å². The van der Waals surface area contributed by atoms with Crippen LogP contribution in [0.2, 0.25) is 0 Å². The summed E-state index contributed by atoms with van der Waals surface area (Å²) in [5.74, 6) is 0.436. The molecule has 0 atom stereocenters. The van der Waals surface area contributed by atoms with Crippen molar-refractivity contribution in [2.24, 2.45) is 0 Å². The molecular formula is C18H24N4O2S3. The lowest BCUT2D eigenvalue weighted by Crippen LogP contribution is -2.22. The smallest absolute Gasteiger partial charge is 0.216 e. The molecule has 146 valence electrons. The Bertz CT molecular complexity index is 768. The number of hydrogen-bond acceptors (Lipinski definition) is 8. The minimum Gasteiger partial charge on any atom is -0.357 e. The van der Waals surface area contributed by atoms with Crippen molar-refractivity contribution >= 4 is 51.3 Å². The van der Waals surface area contributed by atoms with E-state index in [1.807, 2.05) is 12.1 Å². The van der Waals surface area contributed by atoms with Crippen molar-refractivity contribution in [1.82, 2.24) is 15.5 Å². The molecule has 0 unspecified atom stereocenters. The third-order valence-corrected chi connectivity index (χ3v) is 7.52. The predicted octanol–water partition coefficient (Wildman–Crippen LogP) is 4.00. The molecule has 2 aromatic rings. The van der Waals surface area contributed by atoms with Crippen molar-refractivity contribution < 1.29 is 9.59 Å². The van der Waals surface area contributed by atoms with E-state index in [0.29, 0.717) is 18.3 Å². The number of carbonyl (C=O) groups excluding carboxylic acids is 2. The Hall–Kier alpha value is -1.45. The lowest BCUT2D eigenvalue weighted by molar-refractivity contribution is -0.118. The maximum Gasteiger partial charge on any atom is 0.216 e. The molecular weight excluding hydrogens is 400 g/mol. The Morgan fingerprint density at radius 1 is 1.19 bits per heavy atom. The third-order valence-electron chi connectivity index (χ3n) is 4.35. The van der Waals surface area contributed by atoms with Crippen molar-refractivity contribution in [2.75, 3.05) is 17.6 Å². The van der Waals surface area contributed by atoms with Crippen molar-refractivity contribution in [3.05, 3.63) is 21.9 Å². The molecule has 0 aliphatic heterocycles. The van der Waals surface area contributed by atoms with E-state index >= 15 is 0 Å². The lowest BCUT2D eigenvalue weighted by atomic mass is 9.96. The SMILES string of the molecule is CC(=O)NCCc1ccc(C(=O)CSc2nnc(NC3CCCCC3)s2)s1. The summed E-state index contributed by atoms with van der Waals surface area (Å²) in [5.41, 5.74) is 0. The molecule has 1 saturated carbocycles. The molecule has 2 heterocycles. The molecule has 2 N–H and O–H groups in total. The number of hydrogen-bond donors (Lipinski definition) is 2. The highest BCUT2D eigenvalue weighted by Gasteiger charge is 2.16. The van der Waals surface area contributed by atoms with Crippen LogP contribution in [0.3, 0.4) is 0 Å². The molecule has 1 aliphatic rings. The average Bonchev–Trinajstić information content (AvgIpc) is 3.30. The third kappa shape index (κ3) is 6.58. The first kappa shape index (κ1) is 20.3. The van der Waals surface area contributed by atoms with Gasteiger partial charge in [-0.15, -0.1) is 21.5 Å². The van der Waals surface area contributed by atoms with Gasteiger partial charge in [-0.05, 0) is 31.4 Å². The van der Waals surface area contributed by atoms with E-state index in [2.05, 4.69) is 20.8 Å². The van der Waals surface area contributed by atoms with Gasteiger partial charge in [-0.3, -0.25) is 9.59 Å². The number of Topliss-reactive ketones (excluding diaryl/α,β-unsaturated/α-hetero) is 1. The van der Waals surface area contributed by atoms with E-state index in [-0.39, 0.29) is 11.7 Å². The number of anilines is 1. The predicted molar refractivity (Wildman–Crippen MR) is 112 cm³/mol. The van der Waals surface area contributed by atoms with Crippen LogP contribution in [-0.2, 0) is 11.2 Å². The second kappa shape index (κ2) is 10.2. The highest BCUT2D eigenvalue weighted by molar-refractivity contribution is 8.01. The number of nitrogens with one attached hydrogen (secondary N) is 2. The summed E-state index contributed by atoms with van der Waals surface area (Å²) in [7, 11) is 0. The summed E-state index contributed by atoms with van der Waals surface area (Å²) >= 11 is 4.46. The first-order chi connectivity index (χ1) is 13.1. The van der Waals surface area contributed by atoms with E-state index in [1.54, 1.807) is 0 Å². The second-order valence-corrected chi connectivity index (χ2v) is 9.93. The Balaban J connectivity index is 1.43. The Morgan fingerprint density at radius 2 is 2.00 bits per heavy atom. The quantitative estimate of drug-likeness (QED) is 0.468. The van der Waals surface area contributed by atoms with Crippen molar-refractivity contribution in [3.63, 3.8) is 0 Å². The molecule has 9 heteroatoms. The van der Waals surface area contributed by atoms with Crippen LogP contribution >= 0.6 is 34.4 Å². The van der Waals surface area contributed by atoms with Gasteiger partial charge in [0.1, 0.15) is 0 Å². The van der Waals surface area contributed by atoms with Crippen molar-refractivity contribution in [1.29, 1.82) is 0 Å². The van der Waals surface area contributed by atoms with Crippen LogP contribution < -0.4 is 10.6 Å². The van der Waals surface area contributed by atoms with Crippen LogP contribution in [0, 0.1) is 0 Å². The summed E-state index contributed by atoms with van der Waals surface area (Å²) in [6, 6.07) is 4.34. The number of thioether (sulfide) groups is 1. The minimum atomic E-state index is -0.0336. The number of rotatable bonds is 9. The van der Waals surface area contributed by atoms with E-state index in [4.69, 9.17) is 0 Å². The number of aromatic nitrogens is 2. The topological polar surface area (TPSA) is 84.0 Å². The van der Waals surface area contributed by atoms with Gasteiger partial charge in [0.2, 0.25) is 11.0 Å². The largest absolute Gasteiger partial charge is 0.357 e. The molecule has 6 nitrogen and oxygen atoms in total. The number of carbonyl (C=O) groups is 2. The fourth-order valence-corrected chi connectivity index (χ4v) is 5.72. The fourth-order valence-electron chi connectivity index (χ4n) is 2.97.